The predicted molar refractivity (Wildman–Crippen MR) is 159 cm³/mol. The Hall–Kier alpha value is -3.33. The van der Waals surface area contributed by atoms with E-state index >= 15 is 0 Å². The van der Waals surface area contributed by atoms with E-state index in [0.29, 0.717) is 0 Å². The third kappa shape index (κ3) is 9.10. The summed E-state index contributed by atoms with van der Waals surface area (Å²) in [6, 6.07) is 11.3. The molecular formula is C30H42F2N4O7S. The van der Waals surface area contributed by atoms with E-state index in [1.165, 1.54) is 0 Å². The highest BCUT2D eigenvalue weighted by atomic mass is 32.2. The predicted octanol–water partition coefficient (Wildman–Crippen LogP) is 2.84. The van der Waals surface area contributed by atoms with E-state index < -0.39 is 57.1 Å². The average Bonchev–Trinajstić information content (AvgIpc) is 3.28. The van der Waals surface area contributed by atoms with Crippen LogP contribution in [-0.4, -0.2) is 74.3 Å². The molecule has 14 heteroatoms. The Morgan fingerprint density at radius 3 is 2.32 bits per heavy atom. The van der Waals surface area contributed by atoms with Crippen LogP contribution in [0.25, 0.3) is 0 Å². The SMILES string of the molecule is CC[C@H](C)CC(=O)N(NC(=O)CNC)C(Cc1ccccc1)[C@H](O)CNC(C(C)C)S(=O)(=O)c1ccc2c(c1)OC(F)(F)O2. The molecule has 0 saturated carbocycles. The number of nitrogens with one attached hydrogen (secondary N) is 3. The van der Waals surface area contributed by atoms with Gasteiger partial charge in [-0.2, -0.15) is 0 Å². The highest BCUT2D eigenvalue weighted by Gasteiger charge is 2.44. The number of hydrazine groups is 1. The number of aliphatic hydroxyl groups excluding tert-OH is 1. The minimum atomic E-state index is -4.18. The molecule has 2 amide bonds. The average molecular weight is 641 g/mol. The van der Waals surface area contributed by atoms with Gasteiger partial charge in [0.2, 0.25) is 5.91 Å². The molecule has 3 rings (SSSR count). The summed E-state index contributed by atoms with van der Waals surface area (Å²) >= 11 is 0. The number of ether oxygens (including phenoxy) is 2. The van der Waals surface area contributed by atoms with Gasteiger partial charge in [-0.1, -0.05) is 64.4 Å². The Bertz CT molecular complexity index is 1380. The first-order valence-corrected chi connectivity index (χ1v) is 16.1. The summed E-state index contributed by atoms with van der Waals surface area (Å²) in [5.74, 6) is -2.09. The molecule has 1 heterocycles. The van der Waals surface area contributed by atoms with Gasteiger partial charge in [-0.25, -0.2) is 13.4 Å². The molecule has 2 aromatic carbocycles. The molecule has 2 aromatic rings. The first-order valence-electron chi connectivity index (χ1n) is 14.5. The molecule has 0 aromatic heterocycles. The number of halogens is 2. The molecule has 0 radical (unpaired) electrons. The summed E-state index contributed by atoms with van der Waals surface area (Å²) < 4.78 is 63.2. The van der Waals surface area contributed by atoms with Crippen molar-refractivity contribution < 1.29 is 41.4 Å². The van der Waals surface area contributed by atoms with Gasteiger partial charge in [-0.3, -0.25) is 20.3 Å². The molecule has 0 aliphatic carbocycles. The van der Waals surface area contributed by atoms with Gasteiger partial charge in [0, 0.05) is 19.0 Å². The second kappa shape index (κ2) is 15.1. The highest BCUT2D eigenvalue weighted by Crippen LogP contribution is 2.42. The number of sulfone groups is 1. The lowest BCUT2D eigenvalue weighted by atomic mass is 9.98. The van der Waals surface area contributed by atoms with Crippen LogP contribution in [0.2, 0.25) is 0 Å². The summed E-state index contributed by atoms with van der Waals surface area (Å²) in [4.78, 5) is 25.9. The van der Waals surface area contributed by atoms with Crippen molar-refractivity contribution in [3.8, 4) is 11.5 Å². The largest absolute Gasteiger partial charge is 0.586 e. The number of likely N-dealkylation sites (N-methyl/N-ethyl adjacent to an activating group) is 1. The van der Waals surface area contributed by atoms with Crippen LogP contribution in [0.1, 0.15) is 46.1 Å². The first kappa shape index (κ1) is 35.2. The quantitative estimate of drug-likeness (QED) is 0.216. The zero-order chi connectivity index (χ0) is 32.7. The molecular weight excluding hydrogens is 598 g/mol. The lowest BCUT2D eigenvalue weighted by Gasteiger charge is -2.36. The van der Waals surface area contributed by atoms with E-state index in [2.05, 4.69) is 25.5 Å². The fourth-order valence-electron chi connectivity index (χ4n) is 4.79. The third-order valence-electron chi connectivity index (χ3n) is 7.30. The van der Waals surface area contributed by atoms with Crippen LogP contribution in [0.5, 0.6) is 11.5 Å². The van der Waals surface area contributed by atoms with Gasteiger partial charge in [0.05, 0.1) is 23.6 Å². The van der Waals surface area contributed by atoms with Crippen molar-refractivity contribution in [3.05, 3.63) is 54.1 Å². The van der Waals surface area contributed by atoms with Crippen LogP contribution in [0.4, 0.5) is 8.78 Å². The number of carbonyl (C=O) groups excluding carboxylic acids is 2. The van der Waals surface area contributed by atoms with Crippen LogP contribution in [0.15, 0.2) is 53.4 Å². The lowest BCUT2D eigenvalue weighted by molar-refractivity contribution is -0.286. The maximum atomic E-state index is 13.7. The maximum absolute atomic E-state index is 13.7. The Kier molecular flexibility index (Phi) is 12.1. The van der Waals surface area contributed by atoms with E-state index in [0.717, 1.165) is 35.2 Å². The summed E-state index contributed by atoms with van der Waals surface area (Å²) in [5.41, 5.74) is 3.42. The van der Waals surface area contributed by atoms with Crippen LogP contribution in [-0.2, 0) is 25.8 Å². The van der Waals surface area contributed by atoms with Crippen LogP contribution >= 0.6 is 0 Å². The van der Waals surface area contributed by atoms with E-state index in [1.54, 1.807) is 20.9 Å². The summed E-state index contributed by atoms with van der Waals surface area (Å²) in [7, 11) is -2.60. The van der Waals surface area contributed by atoms with E-state index in [9.17, 15) is 31.9 Å². The van der Waals surface area contributed by atoms with Crippen molar-refractivity contribution in [1.29, 1.82) is 0 Å². The monoisotopic (exact) mass is 640 g/mol. The van der Waals surface area contributed by atoms with Crippen molar-refractivity contribution in [3.63, 3.8) is 0 Å². The molecule has 44 heavy (non-hydrogen) atoms. The molecule has 4 atom stereocenters. The zero-order valence-electron chi connectivity index (χ0n) is 25.5. The third-order valence-corrected chi connectivity index (χ3v) is 9.59. The molecule has 11 nitrogen and oxygen atoms in total. The van der Waals surface area contributed by atoms with E-state index in [-0.39, 0.29) is 42.5 Å². The number of nitrogens with zero attached hydrogens (tertiary/aromatic N) is 1. The van der Waals surface area contributed by atoms with Gasteiger partial charge in [0.25, 0.3) is 5.91 Å². The van der Waals surface area contributed by atoms with Crippen molar-refractivity contribution in [2.75, 3.05) is 20.1 Å². The molecule has 0 bridgehead atoms. The van der Waals surface area contributed by atoms with Crippen molar-refractivity contribution in [1.82, 2.24) is 21.1 Å². The number of fused-ring (bicyclic) bond motifs is 1. The Balaban J connectivity index is 1.90. The molecule has 244 valence electrons. The van der Waals surface area contributed by atoms with Gasteiger partial charge in [0.15, 0.2) is 21.3 Å². The van der Waals surface area contributed by atoms with E-state index in [1.807, 2.05) is 44.2 Å². The summed E-state index contributed by atoms with van der Waals surface area (Å²) in [5, 5.41) is 17.1. The maximum Gasteiger partial charge on any atom is 0.586 e. The molecule has 2 unspecified atom stereocenters. The van der Waals surface area contributed by atoms with Gasteiger partial charge in [0.1, 0.15) is 5.37 Å². The second-order valence-electron chi connectivity index (χ2n) is 11.3. The number of carbonyl (C=O) groups is 2. The normalized spacial score (nSPS) is 16.7. The fourth-order valence-corrected chi connectivity index (χ4v) is 6.64. The molecule has 1 aliphatic rings. The van der Waals surface area contributed by atoms with Crippen molar-refractivity contribution in [2.45, 2.75) is 75.7 Å². The van der Waals surface area contributed by atoms with Crippen molar-refractivity contribution in [2.24, 2.45) is 11.8 Å². The second-order valence-corrected chi connectivity index (χ2v) is 13.3. The number of hydrogen-bond acceptors (Lipinski definition) is 9. The number of alkyl halides is 2. The van der Waals surface area contributed by atoms with Gasteiger partial charge >= 0.3 is 6.29 Å². The minimum absolute atomic E-state index is 0.0101. The van der Waals surface area contributed by atoms with E-state index in [4.69, 9.17) is 0 Å². The number of benzene rings is 2. The standard InChI is InChI=1S/C30H42F2N4O7S/c1-6-20(4)14-28(39)36(35-27(38)18-33-5)23(15-21-10-8-7-9-11-21)24(37)17-34-29(19(2)3)44(40,41)22-12-13-25-26(16-22)43-30(31,32)42-25/h7-13,16,19-20,23-24,29,33-34,37H,6,14-15,17-18H2,1-5H3,(H,35,38)/t20-,23?,24+,29?/m0/s1. The number of hydrogen-bond donors (Lipinski definition) is 4. The smallest absolute Gasteiger partial charge is 0.395 e. The molecule has 4 N–H and O–H groups in total. The topological polar surface area (TPSA) is 146 Å². The van der Waals surface area contributed by atoms with Crippen LogP contribution < -0.4 is 25.5 Å². The Morgan fingerprint density at radius 1 is 1.05 bits per heavy atom. The highest BCUT2D eigenvalue weighted by molar-refractivity contribution is 7.92. The fraction of sp³-hybridized carbons (Fsp3) is 0.533. The number of amides is 2. The Labute approximate surface area is 257 Å². The molecule has 1 aliphatic heterocycles. The molecule has 0 saturated heterocycles. The van der Waals surface area contributed by atoms with Gasteiger partial charge in [-0.15, -0.1) is 8.78 Å². The van der Waals surface area contributed by atoms with Crippen LogP contribution in [0, 0.1) is 11.8 Å². The number of aliphatic hydroxyl groups is 1. The summed E-state index contributed by atoms with van der Waals surface area (Å²) in [6.45, 7) is 6.81. The summed E-state index contributed by atoms with van der Waals surface area (Å²) in [6.07, 6.45) is -4.24. The van der Waals surface area contributed by atoms with Gasteiger partial charge in [-0.05, 0) is 43.0 Å². The molecule has 0 fully saturated rings. The number of rotatable bonds is 15. The van der Waals surface area contributed by atoms with Crippen LogP contribution in [0.3, 0.4) is 0 Å². The molecule has 0 spiro atoms. The Morgan fingerprint density at radius 2 is 1.70 bits per heavy atom. The minimum Gasteiger partial charge on any atom is -0.395 e. The first-order chi connectivity index (χ1) is 20.7. The lowest BCUT2D eigenvalue weighted by Crippen LogP contribution is -2.60. The van der Waals surface area contributed by atoms with Gasteiger partial charge < -0.3 is 19.9 Å². The van der Waals surface area contributed by atoms with Crippen molar-refractivity contribution >= 4 is 21.7 Å². The zero-order valence-corrected chi connectivity index (χ0v) is 26.4.